The summed E-state index contributed by atoms with van der Waals surface area (Å²) in [7, 11) is 0. The van der Waals surface area contributed by atoms with E-state index in [0.717, 1.165) is 0 Å². The maximum Gasteiger partial charge on any atom is 0.407 e. The average Bonchev–Trinajstić information content (AvgIpc) is 2.28. The van der Waals surface area contributed by atoms with Crippen LogP contribution in [0.5, 0.6) is 0 Å². The third-order valence-corrected chi connectivity index (χ3v) is 2.12. The van der Waals surface area contributed by atoms with Crippen molar-refractivity contribution in [3.8, 4) is 0 Å². The molecule has 0 bridgehead atoms. The van der Waals surface area contributed by atoms with Crippen LogP contribution in [0, 0.1) is 5.82 Å². The average molecular weight is 268 g/mol. The van der Waals surface area contributed by atoms with Gasteiger partial charge in [0.2, 0.25) is 5.91 Å². The lowest BCUT2D eigenvalue weighted by molar-refractivity contribution is -0.114. The van der Waals surface area contributed by atoms with E-state index in [0.29, 0.717) is 5.56 Å². The van der Waals surface area contributed by atoms with Crippen LogP contribution < -0.4 is 10.6 Å². The van der Waals surface area contributed by atoms with Gasteiger partial charge in [-0.3, -0.25) is 4.79 Å². The maximum absolute atomic E-state index is 13.6. The van der Waals surface area contributed by atoms with Crippen molar-refractivity contribution in [2.75, 3.05) is 5.32 Å². The fraction of sp³-hybridized carbons (Fsp3) is 0.385. The molecule has 0 atom stereocenters. The van der Waals surface area contributed by atoms with Crippen LogP contribution in [-0.2, 0) is 16.1 Å². The van der Waals surface area contributed by atoms with Gasteiger partial charge in [0.15, 0.2) is 0 Å². The normalized spacial score (nSPS) is 10.2. The molecule has 0 unspecified atom stereocenters. The molecule has 1 rings (SSSR count). The quantitative estimate of drug-likeness (QED) is 0.881. The molecule has 5 nitrogen and oxygen atoms in total. The minimum absolute atomic E-state index is 0.0219. The molecule has 1 aromatic rings. The lowest BCUT2D eigenvalue weighted by Crippen LogP contribution is -2.30. The van der Waals surface area contributed by atoms with E-state index in [2.05, 4.69) is 10.6 Å². The molecule has 0 aliphatic rings. The first kappa shape index (κ1) is 14.9. The van der Waals surface area contributed by atoms with Gasteiger partial charge in [0, 0.05) is 13.0 Å². The predicted octanol–water partition coefficient (Wildman–Crippen LogP) is 2.42. The Balaban J connectivity index is 2.58. The van der Waals surface area contributed by atoms with Crippen molar-refractivity contribution < 1.29 is 18.7 Å². The van der Waals surface area contributed by atoms with Gasteiger partial charge in [-0.1, -0.05) is 6.07 Å². The number of alkyl carbamates (subject to hydrolysis) is 1. The SMILES string of the molecule is CC(=O)Nc1ccc(COC(=O)NC(C)C)cc1F. The fourth-order valence-corrected chi connectivity index (χ4v) is 1.37. The summed E-state index contributed by atoms with van der Waals surface area (Å²) in [6, 6.07) is 4.20. The molecule has 1 aromatic carbocycles. The number of hydrogen-bond donors (Lipinski definition) is 2. The molecule has 104 valence electrons. The summed E-state index contributed by atoms with van der Waals surface area (Å²) in [6.07, 6.45) is -0.554. The van der Waals surface area contributed by atoms with Gasteiger partial charge >= 0.3 is 6.09 Å². The third kappa shape index (κ3) is 5.37. The highest BCUT2D eigenvalue weighted by Gasteiger charge is 2.07. The van der Waals surface area contributed by atoms with E-state index in [1.165, 1.54) is 19.1 Å². The number of rotatable bonds is 4. The van der Waals surface area contributed by atoms with Crippen molar-refractivity contribution in [2.45, 2.75) is 33.4 Å². The highest BCUT2D eigenvalue weighted by molar-refractivity contribution is 5.88. The number of carbonyl (C=O) groups is 2. The molecule has 0 radical (unpaired) electrons. The largest absolute Gasteiger partial charge is 0.445 e. The van der Waals surface area contributed by atoms with Crippen molar-refractivity contribution in [1.29, 1.82) is 0 Å². The number of nitrogens with one attached hydrogen (secondary N) is 2. The Hall–Kier alpha value is -2.11. The topological polar surface area (TPSA) is 67.4 Å². The minimum Gasteiger partial charge on any atom is -0.445 e. The van der Waals surface area contributed by atoms with E-state index in [9.17, 15) is 14.0 Å². The van der Waals surface area contributed by atoms with E-state index >= 15 is 0 Å². The Bertz CT molecular complexity index is 475. The number of carbonyl (C=O) groups excluding carboxylic acids is 2. The summed E-state index contributed by atoms with van der Waals surface area (Å²) in [5, 5.41) is 4.91. The number of anilines is 1. The summed E-state index contributed by atoms with van der Waals surface area (Å²) in [5.74, 6) is -0.917. The molecule has 0 aliphatic heterocycles. The molecule has 0 aromatic heterocycles. The zero-order valence-corrected chi connectivity index (χ0v) is 11.1. The Morgan fingerprint density at radius 1 is 1.37 bits per heavy atom. The lowest BCUT2D eigenvalue weighted by atomic mass is 10.2. The third-order valence-electron chi connectivity index (χ3n) is 2.12. The monoisotopic (exact) mass is 268 g/mol. The molecule has 19 heavy (non-hydrogen) atoms. The summed E-state index contributed by atoms with van der Waals surface area (Å²) < 4.78 is 18.5. The van der Waals surface area contributed by atoms with Crippen LogP contribution in [-0.4, -0.2) is 18.0 Å². The van der Waals surface area contributed by atoms with E-state index in [4.69, 9.17) is 4.74 Å². The second-order valence-electron chi connectivity index (χ2n) is 4.37. The van der Waals surface area contributed by atoms with Crippen molar-refractivity contribution in [3.05, 3.63) is 29.6 Å². The van der Waals surface area contributed by atoms with Crippen LogP contribution in [0.3, 0.4) is 0 Å². The van der Waals surface area contributed by atoms with E-state index in [1.807, 2.05) is 13.8 Å². The molecule has 6 heteroatoms. The van der Waals surface area contributed by atoms with Crippen LogP contribution in [0.2, 0.25) is 0 Å². The van der Waals surface area contributed by atoms with Gasteiger partial charge in [0.25, 0.3) is 0 Å². The van der Waals surface area contributed by atoms with Crippen LogP contribution in [0.15, 0.2) is 18.2 Å². The first-order valence-electron chi connectivity index (χ1n) is 5.87. The number of hydrogen-bond acceptors (Lipinski definition) is 3. The number of halogens is 1. The van der Waals surface area contributed by atoms with Crippen molar-refractivity contribution >= 4 is 17.7 Å². The molecule has 0 heterocycles. The number of amides is 2. The van der Waals surface area contributed by atoms with Gasteiger partial charge in [-0.15, -0.1) is 0 Å². The first-order valence-corrected chi connectivity index (χ1v) is 5.87. The molecular formula is C13H17FN2O3. The van der Waals surface area contributed by atoms with Gasteiger partial charge in [0.05, 0.1) is 5.69 Å². The minimum atomic E-state index is -0.569. The van der Waals surface area contributed by atoms with E-state index in [-0.39, 0.29) is 24.2 Å². The molecule has 2 N–H and O–H groups in total. The standard InChI is InChI=1S/C13H17FN2O3/c1-8(2)15-13(18)19-7-10-4-5-12(11(14)6-10)16-9(3)17/h4-6,8H,7H2,1-3H3,(H,15,18)(H,16,17). The van der Waals surface area contributed by atoms with Crippen molar-refractivity contribution in [3.63, 3.8) is 0 Å². The second-order valence-corrected chi connectivity index (χ2v) is 4.37. The lowest BCUT2D eigenvalue weighted by Gasteiger charge is -2.10. The molecule has 0 saturated heterocycles. The number of ether oxygens (including phenoxy) is 1. The summed E-state index contributed by atoms with van der Waals surface area (Å²) in [5.41, 5.74) is 0.605. The maximum atomic E-state index is 13.6. The summed E-state index contributed by atoms with van der Waals surface area (Å²) in [4.78, 5) is 22.1. The van der Waals surface area contributed by atoms with Crippen molar-refractivity contribution in [1.82, 2.24) is 5.32 Å². The van der Waals surface area contributed by atoms with Gasteiger partial charge in [0.1, 0.15) is 12.4 Å². The van der Waals surface area contributed by atoms with Crippen LogP contribution in [0.4, 0.5) is 14.9 Å². The highest BCUT2D eigenvalue weighted by Crippen LogP contribution is 2.16. The Morgan fingerprint density at radius 2 is 2.05 bits per heavy atom. The van der Waals surface area contributed by atoms with Gasteiger partial charge in [-0.2, -0.15) is 0 Å². The molecule has 0 aliphatic carbocycles. The first-order chi connectivity index (χ1) is 8.88. The van der Waals surface area contributed by atoms with E-state index in [1.54, 1.807) is 6.07 Å². The predicted molar refractivity (Wildman–Crippen MR) is 69.2 cm³/mol. The van der Waals surface area contributed by atoms with Gasteiger partial charge < -0.3 is 15.4 Å². The van der Waals surface area contributed by atoms with Crippen LogP contribution in [0.25, 0.3) is 0 Å². The van der Waals surface area contributed by atoms with Crippen LogP contribution in [0.1, 0.15) is 26.3 Å². The number of benzene rings is 1. The fourth-order valence-electron chi connectivity index (χ4n) is 1.37. The highest BCUT2D eigenvalue weighted by atomic mass is 19.1. The molecule has 2 amide bonds. The molecule has 0 saturated carbocycles. The van der Waals surface area contributed by atoms with Gasteiger partial charge in [-0.05, 0) is 31.5 Å². The molecular weight excluding hydrogens is 251 g/mol. The second kappa shape index (κ2) is 6.72. The molecule has 0 fully saturated rings. The smallest absolute Gasteiger partial charge is 0.407 e. The summed E-state index contributed by atoms with van der Waals surface area (Å²) in [6.45, 7) is 4.88. The van der Waals surface area contributed by atoms with E-state index < -0.39 is 11.9 Å². The Morgan fingerprint density at radius 3 is 2.58 bits per heavy atom. The zero-order valence-electron chi connectivity index (χ0n) is 11.1. The molecule has 0 spiro atoms. The van der Waals surface area contributed by atoms with Gasteiger partial charge in [-0.25, -0.2) is 9.18 Å². The summed E-state index contributed by atoms with van der Waals surface area (Å²) >= 11 is 0. The van der Waals surface area contributed by atoms with Crippen LogP contribution >= 0.6 is 0 Å². The Kier molecular flexibility index (Phi) is 5.29. The Labute approximate surface area is 111 Å². The zero-order chi connectivity index (χ0) is 14.4. The van der Waals surface area contributed by atoms with Crippen molar-refractivity contribution in [2.24, 2.45) is 0 Å².